The molecule has 2 aromatic heterocycles. The quantitative estimate of drug-likeness (QED) is 0.100. The Labute approximate surface area is 501 Å². The van der Waals surface area contributed by atoms with Crippen molar-refractivity contribution in [2.24, 2.45) is 0 Å². The van der Waals surface area contributed by atoms with Gasteiger partial charge in [-0.1, -0.05) is 146 Å². The molecule has 21 heteroatoms. The number of phenols is 1. The van der Waals surface area contributed by atoms with Crippen LogP contribution in [0.25, 0.3) is 21.8 Å². The number of halogens is 2. The lowest BCUT2D eigenvalue weighted by Gasteiger charge is -2.23. The zero-order chi connectivity index (χ0) is 61.4. The van der Waals surface area contributed by atoms with E-state index in [4.69, 9.17) is 14.2 Å². The fraction of sp³-hybridized carbons (Fsp3) is 0.104. The van der Waals surface area contributed by atoms with Crippen molar-refractivity contribution in [2.45, 2.75) is 25.3 Å². The summed E-state index contributed by atoms with van der Waals surface area (Å²) in [5.74, 6) is -4.44. The van der Waals surface area contributed by atoms with Gasteiger partial charge in [-0.05, 0) is 81.9 Å². The highest BCUT2D eigenvalue weighted by atomic mass is 32.2. The summed E-state index contributed by atoms with van der Waals surface area (Å²) in [4.78, 5) is 93.8. The molecule has 0 radical (unpaired) electrons. The van der Waals surface area contributed by atoms with E-state index in [-0.39, 0.29) is 87.9 Å². The summed E-state index contributed by atoms with van der Waals surface area (Å²) in [7, 11) is -3.98. The molecule has 3 aliphatic heterocycles. The molecule has 1 fully saturated rings. The molecule has 5 heterocycles. The van der Waals surface area contributed by atoms with Crippen LogP contribution in [0.15, 0.2) is 207 Å². The third-order valence-corrected chi connectivity index (χ3v) is 16.1. The SMILES string of the molecule is CS(=O)(=O)N1CCN(C(=O)Oc2c3c(c(OC(c4ccccc4)c4ccccc4)c4ncccc24)C(=O)N(Cc2ccc(F)cc2)C3=O)C1=O.O=C1c2c(c(OC(c3ccccc3)c3ccccc3)c3ncccc3c2O)C(=O)N1Cc1ccc(F)cc1. The van der Waals surface area contributed by atoms with Gasteiger partial charge >= 0.3 is 12.1 Å². The van der Waals surface area contributed by atoms with Crippen molar-refractivity contribution in [3.63, 3.8) is 0 Å². The second kappa shape index (κ2) is 23.7. The van der Waals surface area contributed by atoms with Crippen molar-refractivity contribution < 1.29 is 65.3 Å². The van der Waals surface area contributed by atoms with E-state index in [0.29, 0.717) is 25.7 Å². The van der Waals surface area contributed by atoms with E-state index in [1.807, 2.05) is 121 Å². The van der Waals surface area contributed by atoms with Gasteiger partial charge in [0.1, 0.15) is 57.3 Å². The molecule has 7 amide bonds. The Hall–Kier alpha value is -11.2. The van der Waals surface area contributed by atoms with Gasteiger partial charge in [0.05, 0.1) is 38.0 Å². The number of nitrogens with zero attached hydrogens (tertiary/aromatic N) is 6. The number of hydrogen-bond acceptors (Lipinski definition) is 14. The minimum atomic E-state index is -3.98. The van der Waals surface area contributed by atoms with Crippen LogP contribution in [0, 0.1) is 11.6 Å². The summed E-state index contributed by atoms with van der Waals surface area (Å²) >= 11 is 0. The van der Waals surface area contributed by atoms with Gasteiger partial charge in [0.2, 0.25) is 10.0 Å². The molecule has 0 bridgehead atoms. The number of hydrogen-bond donors (Lipinski definition) is 1. The number of rotatable bonds is 14. The van der Waals surface area contributed by atoms with Crippen LogP contribution in [-0.4, -0.2) is 97.6 Å². The van der Waals surface area contributed by atoms with E-state index in [0.717, 1.165) is 38.3 Å². The maximum absolute atomic E-state index is 14.3. The van der Waals surface area contributed by atoms with E-state index < -0.39 is 69.6 Å². The van der Waals surface area contributed by atoms with Crippen molar-refractivity contribution >= 4 is 67.6 Å². The number of amides is 7. The second-order valence-electron chi connectivity index (χ2n) is 20.6. The molecular weight excluding hydrogens is 1150 g/mol. The van der Waals surface area contributed by atoms with Crippen LogP contribution in [0.2, 0.25) is 0 Å². The molecule has 0 aliphatic carbocycles. The molecule has 0 unspecified atom stereocenters. The van der Waals surface area contributed by atoms with Crippen LogP contribution in [0.5, 0.6) is 23.0 Å². The number of pyridine rings is 2. The monoisotopic (exact) mass is 1200 g/mol. The minimum Gasteiger partial charge on any atom is -0.506 e. The van der Waals surface area contributed by atoms with Crippen LogP contribution in [0.3, 0.4) is 0 Å². The number of sulfonamides is 1. The molecule has 0 atom stereocenters. The van der Waals surface area contributed by atoms with Gasteiger partial charge in [-0.2, -0.15) is 0 Å². The van der Waals surface area contributed by atoms with Gasteiger partial charge in [-0.25, -0.2) is 36.0 Å². The second-order valence-corrected chi connectivity index (χ2v) is 22.5. The Morgan fingerprint density at radius 1 is 0.500 bits per heavy atom. The predicted octanol–water partition coefficient (Wildman–Crippen LogP) is 11.6. The average Bonchev–Trinajstić information content (AvgIpc) is 1.67. The highest BCUT2D eigenvalue weighted by Gasteiger charge is 2.47. The Bertz CT molecular complexity index is 4450. The predicted molar refractivity (Wildman–Crippen MR) is 317 cm³/mol. The number of carbonyl (C=O) groups excluding carboxylic acids is 6. The first kappa shape index (κ1) is 57.3. The van der Waals surface area contributed by atoms with E-state index in [9.17, 15) is 51.1 Å². The summed E-state index contributed by atoms with van der Waals surface area (Å²) in [6.45, 7) is -0.930. The third kappa shape index (κ3) is 10.9. The van der Waals surface area contributed by atoms with Gasteiger partial charge in [0.25, 0.3) is 23.6 Å². The first-order valence-electron chi connectivity index (χ1n) is 27.4. The van der Waals surface area contributed by atoms with Gasteiger partial charge < -0.3 is 19.3 Å². The molecule has 0 saturated carbocycles. The van der Waals surface area contributed by atoms with E-state index in [2.05, 4.69) is 9.97 Å². The maximum Gasteiger partial charge on any atom is 0.423 e. The third-order valence-electron chi connectivity index (χ3n) is 15.0. The summed E-state index contributed by atoms with van der Waals surface area (Å²) in [6.07, 6.45) is 1.16. The zero-order valence-corrected chi connectivity index (χ0v) is 47.2. The Balaban J connectivity index is 0.000000178. The lowest BCUT2D eigenvalue weighted by atomic mass is 9.99. The van der Waals surface area contributed by atoms with Gasteiger partial charge in [-0.3, -0.25) is 38.9 Å². The largest absolute Gasteiger partial charge is 0.506 e. The van der Waals surface area contributed by atoms with Crippen LogP contribution in [-0.2, 0) is 23.1 Å². The van der Waals surface area contributed by atoms with Crippen molar-refractivity contribution in [3.8, 4) is 23.0 Å². The van der Waals surface area contributed by atoms with Crippen molar-refractivity contribution in [1.82, 2.24) is 29.0 Å². The van der Waals surface area contributed by atoms with Crippen LogP contribution < -0.4 is 14.2 Å². The average molecular weight is 1200 g/mol. The van der Waals surface area contributed by atoms with Gasteiger partial charge in [-0.15, -0.1) is 0 Å². The lowest BCUT2D eigenvalue weighted by molar-refractivity contribution is 0.0624. The molecule has 0 spiro atoms. The van der Waals surface area contributed by atoms with Crippen molar-refractivity contribution in [2.75, 3.05) is 19.3 Å². The van der Waals surface area contributed by atoms with Crippen molar-refractivity contribution in [1.29, 1.82) is 0 Å². The van der Waals surface area contributed by atoms with E-state index in [1.54, 1.807) is 18.3 Å². The van der Waals surface area contributed by atoms with Crippen LogP contribution in [0.1, 0.15) is 87.0 Å². The van der Waals surface area contributed by atoms with Crippen LogP contribution in [0.4, 0.5) is 18.4 Å². The number of aromatic hydroxyl groups is 1. The summed E-state index contributed by atoms with van der Waals surface area (Å²) in [5.41, 5.74) is 3.79. The smallest absolute Gasteiger partial charge is 0.423 e. The number of urea groups is 1. The summed E-state index contributed by atoms with van der Waals surface area (Å²) in [6, 6.07) is 53.5. The van der Waals surface area contributed by atoms with E-state index in [1.165, 1.54) is 66.9 Å². The molecule has 8 aromatic carbocycles. The maximum atomic E-state index is 14.3. The summed E-state index contributed by atoms with van der Waals surface area (Å²) < 4.78 is 71.0. The normalized spacial score (nSPS) is 13.8. The van der Waals surface area contributed by atoms with Crippen LogP contribution >= 0.6 is 0 Å². The molecule has 18 nitrogen and oxygen atoms in total. The Morgan fingerprint density at radius 3 is 1.28 bits per heavy atom. The topological polar surface area (TPSA) is 223 Å². The number of imide groups is 3. The zero-order valence-electron chi connectivity index (χ0n) is 46.4. The first-order chi connectivity index (χ1) is 42.5. The lowest BCUT2D eigenvalue weighted by Crippen LogP contribution is -2.40. The number of fused-ring (bicyclic) bond motifs is 4. The van der Waals surface area contributed by atoms with Gasteiger partial charge in [0.15, 0.2) is 17.2 Å². The van der Waals surface area contributed by atoms with E-state index >= 15 is 0 Å². The highest BCUT2D eigenvalue weighted by Crippen LogP contribution is 2.48. The highest BCUT2D eigenvalue weighted by molar-refractivity contribution is 7.88. The molecular formula is C67H48F2N6O12S. The number of ether oxygens (including phenoxy) is 3. The fourth-order valence-corrected chi connectivity index (χ4v) is 11.6. The standard InChI is InChI=1S/C36H27FN4O8S.C31H21FN2O4/c1-50(46,47)41-20-19-39(35(41)44)36(45)49-31-26-13-8-18-38-29(26)32(48-30(23-9-4-2-5-10-23)24-11-6-3-7-12-24)28-27(31)33(42)40(34(28)43)21-22-14-16-25(37)17-15-22;32-22-15-13-19(14-16-22)18-34-30(36)24-25(31(34)37)29(26-23(27(24)35)12-7-17-33-26)38-28(20-8-3-1-4-9-20)21-10-5-2-6-11-21/h2-18,30H,19-21H2,1H3;1-17,28,35H,18H2. The van der Waals surface area contributed by atoms with Gasteiger partial charge in [0, 0.05) is 23.2 Å². The first-order valence-corrected chi connectivity index (χ1v) is 29.2. The van der Waals surface area contributed by atoms with Crippen molar-refractivity contribution in [3.05, 3.63) is 274 Å². The Morgan fingerprint density at radius 2 is 0.875 bits per heavy atom. The molecule has 438 valence electrons. The molecule has 10 aromatic rings. The number of phenolic OH excluding ortho intramolecular Hbond substituents is 1. The summed E-state index contributed by atoms with van der Waals surface area (Å²) in [5, 5.41) is 11.5. The molecule has 3 aliphatic rings. The Kier molecular flexibility index (Phi) is 15.4. The molecule has 1 saturated heterocycles. The number of aromatic nitrogens is 2. The molecule has 88 heavy (non-hydrogen) atoms. The molecule has 1 N–H and O–H groups in total. The fourth-order valence-electron chi connectivity index (χ4n) is 10.8. The minimum absolute atomic E-state index is 0.0438. The molecule has 13 rings (SSSR count). The number of benzene rings is 8. The number of carbonyl (C=O) groups is 6.